The molecule has 7 rings (SSSR count). The van der Waals surface area contributed by atoms with E-state index in [2.05, 4.69) is 89.2 Å². The second-order valence-electron chi connectivity index (χ2n) is 11.5. The van der Waals surface area contributed by atoms with Crippen molar-refractivity contribution in [1.29, 1.82) is 0 Å². The van der Waals surface area contributed by atoms with Gasteiger partial charge in [-0.05, 0) is 86.9 Å². The Bertz CT molecular complexity index is 1690. The van der Waals surface area contributed by atoms with Crippen molar-refractivity contribution in [2.45, 2.75) is 58.3 Å². The van der Waals surface area contributed by atoms with Crippen LogP contribution in [0.2, 0.25) is 0 Å². The average molecular weight is 444 g/mol. The van der Waals surface area contributed by atoms with Gasteiger partial charge in [-0.1, -0.05) is 64.1 Å². The normalized spacial score (nSPS) is 17.4. The standard InChI is InChI=1S/C32H29NO/c1-18-20-9-7-6-8-19(20)16-24-29-27-22(12-15-33-29)21-10-11-25-28(23(21)17-26(27)34-30(18)24)32(4,5)14-13-31(25,2)3/h6-12,15-17H,13-14H2,1-5H3. The second kappa shape index (κ2) is 6.39. The molecule has 0 atom stereocenters. The van der Waals surface area contributed by atoms with Crippen LogP contribution in [0.25, 0.3) is 43.6 Å². The van der Waals surface area contributed by atoms with Gasteiger partial charge in [-0.2, -0.15) is 0 Å². The van der Waals surface area contributed by atoms with E-state index < -0.39 is 0 Å². The highest BCUT2D eigenvalue weighted by Crippen LogP contribution is 2.54. The summed E-state index contributed by atoms with van der Waals surface area (Å²) < 4.78 is 6.77. The van der Waals surface area contributed by atoms with Crippen molar-refractivity contribution in [2.24, 2.45) is 0 Å². The summed E-state index contributed by atoms with van der Waals surface area (Å²) >= 11 is 0. The quantitative estimate of drug-likeness (QED) is 0.219. The largest absolute Gasteiger partial charge is 0.456 e. The zero-order valence-electron chi connectivity index (χ0n) is 20.5. The van der Waals surface area contributed by atoms with E-state index in [1.54, 1.807) is 0 Å². The first kappa shape index (κ1) is 20.0. The van der Waals surface area contributed by atoms with Crippen LogP contribution in [-0.2, 0) is 10.8 Å². The van der Waals surface area contributed by atoms with Gasteiger partial charge in [0.25, 0.3) is 0 Å². The maximum Gasteiger partial charge on any atom is 0.140 e. The lowest BCUT2D eigenvalue weighted by molar-refractivity contribution is 0.334. The minimum absolute atomic E-state index is 0.124. The van der Waals surface area contributed by atoms with Crippen molar-refractivity contribution >= 4 is 32.3 Å². The molecule has 0 saturated heterocycles. The van der Waals surface area contributed by atoms with Crippen molar-refractivity contribution < 1.29 is 4.74 Å². The Balaban J connectivity index is 1.62. The molecule has 0 radical (unpaired) electrons. The van der Waals surface area contributed by atoms with Gasteiger partial charge in [0, 0.05) is 17.3 Å². The fourth-order valence-corrected chi connectivity index (χ4v) is 6.53. The molecular formula is C32H29NO. The van der Waals surface area contributed by atoms with Crippen LogP contribution >= 0.6 is 0 Å². The van der Waals surface area contributed by atoms with Gasteiger partial charge in [0.05, 0.1) is 11.1 Å². The molecule has 1 aromatic heterocycles. The van der Waals surface area contributed by atoms with E-state index in [0.717, 1.165) is 28.1 Å². The summed E-state index contributed by atoms with van der Waals surface area (Å²) in [7, 11) is 0. The van der Waals surface area contributed by atoms with Crippen LogP contribution in [0.1, 0.15) is 57.2 Å². The lowest BCUT2D eigenvalue weighted by atomic mass is 9.62. The number of pyridine rings is 1. The van der Waals surface area contributed by atoms with E-state index >= 15 is 0 Å². The number of aromatic nitrogens is 1. The van der Waals surface area contributed by atoms with Gasteiger partial charge in [0.2, 0.25) is 0 Å². The molecule has 0 saturated carbocycles. The fourth-order valence-electron chi connectivity index (χ4n) is 6.53. The minimum Gasteiger partial charge on any atom is -0.456 e. The van der Waals surface area contributed by atoms with Gasteiger partial charge in [0.1, 0.15) is 11.5 Å². The first-order valence-corrected chi connectivity index (χ1v) is 12.4. The van der Waals surface area contributed by atoms with Crippen LogP contribution in [-0.4, -0.2) is 4.98 Å². The molecule has 0 bridgehead atoms. The summed E-state index contributed by atoms with van der Waals surface area (Å²) in [5, 5.41) is 7.45. The van der Waals surface area contributed by atoms with Crippen LogP contribution in [0.5, 0.6) is 11.5 Å². The second-order valence-corrected chi connectivity index (χ2v) is 11.5. The highest BCUT2D eigenvalue weighted by Gasteiger charge is 2.38. The van der Waals surface area contributed by atoms with E-state index in [9.17, 15) is 0 Å². The summed E-state index contributed by atoms with van der Waals surface area (Å²) in [4.78, 5) is 4.89. The molecule has 2 nitrogen and oxygen atoms in total. The van der Waals surface area contributed by atoms with Crippen molar-refractivity contribution in [2.75, 3.05) is 0 Å². The third-order valence-electron chi connectivity index (χ3n) is 8.51. The summed E-state index contributed by atoms with van der Waals surface area (Å²) in [5.74, 6) is 1.87. The molecule has 4 aromatic carbocycles. The number of benzene rings is 4. The number of ether oxygens (including phenoxy) is 1. The molecule has 2 heterocycles. The van der Waals surface area contributed by atoms with Gasteiger partial charge in [0.15, 0.2) is 0 Å². The molecule has 0 amide bonds. The molecule has 0 fully saturated rings. The maximum atomic E-state index is 6.77. The van der Waals surface area contributed by atoms with E-state index in [-0.39, 0.29) is 10.8 Å². The first-order chi connectivity index (χ1) is 16.3. The molecule has 34 heavy (non-hydrogen) atoms. The van der Waals surface area contributed by atoms with Crippen LogP contribution in [0.3, 0.4) is 0 Å². The number of hydrogen-bond acceptors (Lipinski definition) is 2. The van der Waals surface area contributed by atoms with E-state index in [0.29, 0.717) is 0 Å². The number of aryl methyl sites for hydroxylation is 1. The Morgan fingerprint density at radius 1 is 0.794 bits per heavy atom. The molecule has 2 aliphatic rings. The summed E-state index contributed by atoms with van der Waals surface area (Å²) in [6.07, 6.45) is 4.37. The summed E-state index contributed by atoms with van der Waals surface area (Å²) in [6.45, 7) is 11.8. The lowest BCUT2D eigenvalue weighted by Gasteiger charge is -2.42. The SMILES string of the molecule is Cc1c2c(cc3ccccc13)-c1nccc3c1c(cc1c4c(ccc13)C(C)(C)CCC4(C)C)O2. The molecule has 2 heteroatoms. The zero-order valence-corrected chi connectivity index (χ0v) is 20.5. The minimum atomic E-state index is 0.124. The number of nitrogens with zero attached hydrogens (tertiary/aromatic N) is 1. The third kappa shape index (κ3) is 2.49. The Labute approximate surface area is 200 Å². The topological polar surface area (TPSA) is 22.1 Å². The molecule has 0 N–H and O–H groups in total. The molecular weight excluding hydrogens is 414 g/mol. The van der Waals surface area contributed by atoms with Gasteiger partial charge < -0.3 is 4.74 Å². The predicted octanol–water partition coefficient (Wildman–Crippen LogP) is 8.97. The van der Waals surface area contributed by atoms with Crippen molar-refractivity contribution in [1.82, 2.24) is 4.98 Å². The Morgan fingerprint density at radius 2 is 1.59 bits per heavy atom. The molecule has 1 aliphatic heterocycles. The summed E-state index contributed by atoms with van der Waals surface area (Å²) in [5.41, 5.74) is 6.57. The van der Waals surface area contributed by atoms with Crippen molar-refractivity contribution in [3.05, 3.63) is 77.5 Å². The van der Waals surface area contributed by atoms with Gasteiger partial charge in [-0.3, -0.25) is 4.98 Å². The van der Waals surface area contributed by atoms with Crippen LogP contribution < -0.4 is 4.74 Å². The number of rotatable bonds is 0. The molecule has 1 aliphatic carbocycles. The number of hydrogen-bond donors (Lipinski definition) is 0. The molecule has 0 spiro atoms. The molecule has 5 aromatic rings. The van der Waals surface area contributed by atoms with Crippen LogP contribution in [0.4, 0.5) is 0 Å². The van der Waals surface area contributed by atoms with Gasteiger partial charge >= 0.3 is 0 Å². The molecule has 0 unspecified atom stereocenters. The Hall–Kier alpha value is -3.39. The lowest BCUT2D eigenvalue weighted by Crippen LogP contribution is -2.34. The van der Waals surface area contributed by atoms with E-state index in [4.69, 9.17) is 9.72 Å². The Kier molecular flexibility index (Phi) is 3.76. The predicted molar refractivity (Wildman–Crippen MR) is 142 cm³/mol. The zero-order chi connectivity index (χ0) is 23.4. The highest BCUT2D eigenvalue weighted by molar-refractivity contribution is 6.17. The highest BCUT2D eigenvalue weighted by atomic mass is 16.5. The summed E-state index contributed by atoms with van der Waals surface area (Å²) in [6, 6.07) is 20.0. The van der Waals surface area contributed by atoms with Gasteiger partial charge in [-0.25, -0.2) is 0 Å². The van der Waals surface area contributed by atoms with Gasteiger partial charge in [-0.15, -0.1) is 0 Å². The fraction of sp³-hybridized carbons (Fsp3) is 0.281. The Morgan fingerprint density at radius 3 is 2.44 bits per heavy atom. The third-order valence-corrected chi connectivity index (χ3v) is 8.51. The van der Waals surface area contributed by atoms with Crippen molar-refractivity contribution in [3.8, 4) is 22.8 Å². The van der Waals surface area contributed by atoms with Crippen LogP contribution in [0, 0.1) is 6.92 Å². The number of fused-ring (bicyclic) bond motifs is 7. The first-order valence-electron chi connectivity index (χ1n) is 12.4. The average Bonchev–Trinajstić information content (AvgIpc) is 2.82. The monoisotopic (exact) mass is 443 g/mol. The van der Waals surface area contributed by atoms with Crippen LogP contribution in [0.15, 0.2) is 60.8 Å². The molecule has 168 valence electrons. The van der Waals surface area contributed by atoms with E-state index in [1.807, 2.05) is 6.20 Å². The van der Waals surface area contributed by atoms with Crippen molar-refractivity contribution in [3.63, 3.8) is 0 Å². The smallest absolute Gasteiger partial charge is 0.140 e. The maximum absolute atomic E-state index is 6.77. The van der Waals surface area contributed by atoms with E-state index in [1.165, 1.54) is 56.5 Å².